The Morgan fingerprint density at radius 3 is 2.27 bits per heavy atom. The molecule has 0 saturated carbocycles. The molecule has 0 aliphatic carbocycles. The zero-order chi connectivity index (χ0) is 17.3. The number of benzene rings is 1. The number of aliphatic hydroxyl groups is 1. The molecule has 0 fully saturated rings. The maximum atomic E-state index is 11.3. The lowest BCUT2D eigenvalue weighted by atomic mass is 9.86. The molecule has 2 rings (SSSR count). The molecule has 0 bridgehead atoms. The number of fused-ring (bicyclic) bond motifs is 1. The van der Waals surface area contributed by atoms with Gasteiger partial charge in [0, 0.05) is 11.1 Å². The highest BCUT2D eigenvalue weighted by molar-refractivity contribution is 7.79. The number of carbonyl (C=O) groups is 1. The summed E-state index contributed by atoms with van der Waals surface area (Å²) in [6, 6.07) is 4.61. The van der Waals surface area contributed by atoms with Crippen LogP contribution in [0.4, 0.5) is 0 Å². The molecule has 8 nitrogen and oxygen atoms in total. The summed E-state index contributed by atoms with van der Waals surface area (Å²) in [6.07, 6.45) is -0.794. The quantitative estimate of drug-likeness (QED) is 0.435. The minimum Gasteiger partial charge on any atom is -0.485 e. The predicted octanol–water partition coefficient (Wildman–Crippen LogP) is 0.768. The van der Waals surface area contributed by atoms with E-state index in [1.807, 2.05) is 0 Å². The van der Waals surface area contributed by atoms with Crippen molar-refractivity contribution in [3.8, 4) is 5.75 Å². The summed E-state index contributed by atoms with van der Waals surface area (Å²) in [5.41, 5.74) is 6.54. The van der Waals surface area contributed by atoms with Crippen LogP contribution in [-0.2, 0) is 10.4 Å². The molecule has 0 amide bonds. The number of ether oxygens (including phenoxy) is 1. The second kappa shape index (κ2) is 6.31. The highest BCUT2D eigenvalue weighted by Crippen LogP contribution is 2.38. The monoisotopic (exact) mass is 333 g/mol. The van der Waals surface area contributed by atoms with Gasteiger partial charge >= 0.3 is 10.4 Å². The van der Waals surface area contributed by atoms with Crippen molar-refractivity contribution in [3.63, 3.8) is 0 Å². The second-order valence-corrected chi connectivity index (χ2v) is 6.33. The van der Waals surface area contributed by atoms with Gasteiger partial charge in [0.05, 0.1) is 6.04 Å². The van der Waals surface area contributed by atoms with Crippen LogP contribution in [0.15, 0.2) is 18.2 Å². The van der Waals surface area contributed by atoms with Crippen molar-refractivity contribution < 1.29 is 32.2 Å². The SMILES string of the molecule is CC(=O)c1ccc2c(c1)C(N)C(O)C(C)(C)O2.O=S(=O)(O)O. The molecule has 1 heterocycles. The fraction of sp³-hybridized carbons (Fsp3) is 0.462. The molecular formula is C13H19NO7S. The van der Waals surface area contributed by atoms with Crippen molar-refractivity contribution in [1.29, 1.82) is 0 Å². The molecule has 2 unspecified atom stereocenters. The number of ketones is 1. The van der Waals surface area contributed by atoms with E-state index in [4.69, 9.17) is 28.0 Å². The van der Waals surface area contributed by atoms with E-state index in [9.17, 15) is 9.90 Å². The fourth-order valence-corrected chi connectivity index (χ4v) is 2.07. The van der Waals surface area contributed by atoms with Crippen molar-refractivity contribution >= 4 is 16.2 Å². The van der Waals surface area contributed by atoms with Crippen LogP contribution >= 0.6 is 0 Å². The van der Waals surface area contributed by atoms with Gasteiger partial charge in [0.1, 0.15) is 17.5 Å². The molecule has 22 heavy (non-hydrogen) atoms. The van der Waals surface area contributed by atoms with Gasteiger partial charge in [0.25, 0.3) is 0 Å². The number of rotatable bonds is 1. The Morgan fingerprint density at radius 2 is 1.82 bits per heavy atom. The van der Waals surface area contributed by atoms with Gasteiger partial charge in [-0.2, -0.15) is 8.42 Å². The van der Waals surface area contributed by atoms with Crippen LogP contribution in [0.2, 0.25) is 0 Å². The molecule has 2 atom stereocenters. The van der Waals surface area contributed by atoms with Gasteiger partial charge in [-0.05, 0) is 39.0 Å². The number of aliphatic hydroxyl groups excluding tert-OH is 1. The molecule has 1 aliphatic rings. The summed E-state index contributed by atoms with van der Waals surface area (Å²) in [5.74, 6) is 0.608. The number of carbonyl (C=O) groups excluding carboxylic acids is 1. The van der Waals surface area contributed by atoms with Gasteiger partial charge in [0.15, 0.2) is 5.78 Å². The van der Waals surface area contributed by atoms with Gasteiger partial charge in [0.2, 0.25) is 0 Å². The third-order valence-electron chi connectivity index (χ3n) is 3.20. The Bertz CT molecular complexity index is 661. The summed E-state index contributed by atoms with van der Waals surface area (Å²) >= 11 is 0. The maximum absolute atomic E-state index is 11.3. The van der Waals surface area contributed by atoms with Gasteiger partial charge < -0.3 is 15.6 Å². The van der Waals surface area contributed by atoms with Crippen LogP contribution in [0.5, 0.6) is 5.75 Å². The third kappa shape index (κ3) is 4.75. The normalized spacial score (nSPS) is 22.7. The standard InChI is InChI=1S/C13H17NO3.H2O4S/c1-7(15)8-4-5-10-9(6-8)11(14)12(16)13(2,3)17-10;1-5(2,3)4/h4-6,11-12,16H,14H2,1-3H3;(H2,1,2,3,4). The lowest BCUT2D eigenvalue weighted by Gasteiger charge is -2.40. The minimum atomic E-state index is -4.67. The molecule has 124 valence electrons. The van der Waals surface area contributed by atoms with Crippen molar-refractivity contribution in [2.75, 3.05) is 0 Å². The largest absolute Gasteiger partial charge is 0.485 e. The van der Waals surface area contributed by atoms with E-state index in [0.29, 0.717) is 16.9 Å². The van der Waals surface area contributed by atoms with E-state index in [1.165, 1.54) is 6.92 Å². The van der Waals surface area contributed by atoms with E-state index in [1.54, 1.807) is 32.0 Å². The first-order valence-electron chi connectivity index (χ1n) is 6.30. The molecule has 5 N–H and O–H groups in total. The smallest absolute Gasteiger partial charge is 0.394 e. The lowest BCUT2D eigenvalue weighted by molar-refractivity contribution is -0.0571. The Balaban J connectivity index is 0.000000422. The van der Waals surface area contributed by atoms with Crippen molar-refractivity contribution in [3.05, 3.63) is 29.3 Å². The summed E-state index contributed by atoms with van der Waals surface area (Å²) in [5, 5.41) is 10.0. The van der Waals surface area contributed by atoms with E-state index in [2.05, 4.69) is 0 Å². The van der Waals surface area contributed by atoms with Crippen LogP contribution in [0.3, 0.4) is 0 Å². The van der Waals surface area contributed by atoms with Crippen molar-refractivity contribution in [2.24, 2.45) is 5.73 Å². The summed E-state index contributed by atoms with van der Waals surface area (Å²) < 4.78 is 37.3. The van der Waals surface area contributed by atoms with E-state index in [0.717, 1.165) is 0 Å². The highest BCUT2D eigenvalue weighted by atomic mass is 32.3. The van der Waals surface area contributed by atoms with Crippen molar-refractivity contribution in [2.45, 2.75) is 38.5 Å². The van der Waals surface area contributed by atoms with Gasteiger partial charge in [-0.1, -0.05) is 0 Å². The molecule has 9 heteroatoms. The van der Waals surface area contributed by atoms with E-state index < -0.39 is 28.1 Å². The molecule has 0 spiro atoms. The Hall–Kier alpha value is -1.52. The number of hydrogen-bond acceptors (Lipinski definition) is 6. The molecule has 1 aromatic rings. The molecule has 0 radical (unpaired) electrons. The van der Waals surface area contributed by atoms with Gasteiger partial charge in [-0.15, -0.1) is 0 Å². The zero-order valence-electron chi connectivity index (χ0n) is 12.3. The summed E-state index contributed by atoms with van der Waals surface area (Å²) in [4.78, 5) is 11.3. The first-order valence-corrected chi connectivity index (χ1v) is 7.70. The Morgan fingerprint density at radius 1 is 1.32 bits per heavy atom. The summed E-state index contributed by atoms with van der Waals surface area (Å²) in [6.45, 7) is 5.08. The van der Waals surface area contributed by atoms with Crippen LogP contribution in [0, 0.1) is 0 Å². The highest BCUT2D eigenvalue weighted by Gasteiger charge is 2.41. The molecule has 1 aromatic carbocycles. The van der Waals surface area contributed by atoms with E-state index in [-0.39, 0.29) is 5.78 Å². The molecular weight excluding hydrogens is 314 g/mol. The Labute approximate surface area is 128 Å². The van der Waals surface area contributed by atoms with Crippen LogP contribution in [0.1, 0.15) is 42.7 Å². The fourth-order valence-electron chi connectivity index (χ4n) is 2.07. The van der Waals surface area contributed by atoms with Crippen LogP contribution < -0.4 is 10.5 Å². The average molecular weight is 333 g/mol. The first kappa shape index (κ1) is 18.5. The maximum Gasteiger partial charge on any atom is 0.394 e. The van der Waals surface area contributed by atoms with Crippen LogP contribution in [-0.4, -0.2) is 40.1 Å². The minimum absolute atomic E-state index is 0.0284. The Kier molecular flexibility index (Phi) is 5.31. The topological polar surface area (TPSA) is 147 Å². The van der Waals surface area contributed by atoms with E-state index >= 15 is 0 Å². The number of nitrogens with two attached hydrogens (primary N) is 1. The van der Waals surface area contributed by atoms with Gasteiger partial charge in [-0.25, -0.2) is 0 Å². The predicted molar refractivity (Wildman–Crippen MR) is 78.3 cm³/mol. The molecule has 0 saturated heterocycles. The second-order valence-electron chi connectivity index (χ2n) is 5.43. The van der Waals surface area contributed by atoms with Crippen molar-refractivity contribution in [1.82, 2.24) is 0 Å². The van der Waals surface area contributed by atoms with Crippen LogP contribution in [0.25, 0.3) is 0 Å². The molecule has 1 aliphatic heterocycles. The number of hydrogen-bond donors (Lipinski definition) is 4. The summed E-state index contributed by atoms with van der Waals surface area (Å²) in [7, 11) is -4.67. The zero-order valence-corrected chi connectivity index (χ0v) is 13.2. The van der Waals surface area contributed by atoms with Gasteiger partial charge in [-0.3, -0.25) is 13.9 Å². The average Bonchev–Trinajstić information content (AvgIpc) is 2.33. The molecule has 0 aromatic heterocycles. The first-order chi connectivity index (χ1) is 9.83. The lowest BCUT2D eigenvalue weighted by Crippen LogP contribution is -2.51. The number of Topliss-reactive ketones (excluding diaryl/α,β-unsaturated/α-hetero) is 1. The third-order valence-corrected chi connectivity index (χ3v) is 3.20.